The van der Waals surface area contributed by atoms with Crippen LogP contribution >= 0.6 is 11.6 Å². The van der Waals surface area contributed by atoms with Gasteiger partial charge in [-0.2, -0.15) is 5.10 Å². The van der Waals surface area contributed by atoms with Gasteiger partial charge in [0.1, 0.15) is 11.6 Å². The molecule has 0 amide bonds. The first-order valence-electron chi connectivity index (χ1n) is 5.67. The Morgan fingerprint density at radius 2 is 2.15 bits per heavy atom. The van der Waals surface area contributed by atoms with Crippen molar-refractivity contribution < 1.29 is 19.0 Å². The van der Waals surface area contributed by atoms with Gasteiger partial charge in [-0.1, -0.05) is 11.6 Å². The first-order valence-corrected chi connectivity index (χ1v) is 6.05. The summed E-state index contributed by atoms with van der Waals surface area (Å²) in [6, 6.07) is 2.51. The summed E-state index contributed by atoms with van der Waals surface area (Å²) >= 11 is 5.97. The molecule has 5 nitrogen and oxygen atoms in total. The molecule has 0 atom stereocenters. The Bertz CT molecular complexity index is 697. The molecular formula is C13H12ClFN2O3. The van der Waals surface area contributed by atoms with Gasteiger partial charge in [-0.3, -0.25) is 4.68 Å². The van der Waals surface area contributed by atoms with Crippen LogP contribution in [0.25, 0.3) is 11.3 Å². The smallest absolute Gasteiger partial charge is 0.356 e. The molecule has 0 unspecified atom stereocenters. The van der Waals surface area contributed by atoms with Crippen LogP contribution in [0.15, 0.2) is 12.1 Å². The largest absolute Gasteiger partial charge is 0.494 e. The van der Waals surface area contributed by atoms with Gasteiger partial charge in [0.15, 0.2) is 5.69 Å². The van der Waals surface area contributed by atoms with E-state index in [0.29, 0.717) is 16.8 Å². The molecule has 1 N–H and O–H groups in total. The second-order valence-corrected chi connectivity index (χ2v) is 4.62. The lowest BCUT2D eigenvalue weighted by Gasteiger charge is -2.14. The number of benzene rings is 1. The molecule has 1 aromatic heterocycles. The number of ether oxygens (including phenoxy) is 1. The molecule has 106 valence electrons. The van der Waals surface area contributed by atoms with Crippen molar-refractivity contribution in [3.63, 3.8) is 0 Å². The van der Waals surface area contributed by atoms with Crippen LogP contribution in [-0.2, 0) is 7.05 Å². The zero-order valence-corrected chi connectivity index (χ0v) is 11.8. The summed E-state index contributed by atoms with van der Waals surface area (Å²) in [6.07, 6.45) is 0. The van der Waals surface area contributed by atoms with E-state index in [9.17, 15) is 9.18 Å². The Labute approximate surface area is 119 Å². The summed E-state index contributed by atoms with van der Waals surface area (Å²) in [7, 11) is 2.98. The van der Waals surface area contributed by atoms with E-state index in [0.717, 1.165) is 6.07 Å². The number of aromatic nitrogens is 2. The zero-order valence-electron chi connectivity index (χ0n) is 11.1. The van der Waals surface area contributed by atoms with E-state index in [1.165, 1.54) is 17.9 Å². The molecule has 20 heavy (non-hydrogen) atoms. The van der Waals surface area contributed by atoms with Gasteiger partial charge in [-0.15, -0.1) is 0 Å². The van der Waals surface area contributed by atoms with Gasteiger partial charge in [0.2, 0.25) is 0 Å². The molecular weight excluding hydrogens is 287 g/mol. The number of carboxylic acids is 1. The predicted octanol–water partition coefficient (Wildman–Crippen LogP) is 2.89. The summed E-state index contributed by atoms with van der Waals surface area (Å²) < 4.78 is 20.4. The third-order valence-electron chi connectivity index (χ3n) is 2.99. The number of hydrogen-bond acceptors (Lipinski definition) is 3. The fraction of sp³-hybridized carbons (Fsp3) is 0.231. The van der Waals surface area contributed by atoms with Crippen molar-refractivity contribution in [3.8, 4) is 17.0 Å². The summed E-state index contributed by atoms with van der Waals surface area (Å²) in [5.41, 5.74) is 0.980. The first-order chi connectivity index (χ1) is 9.36. The van der Waals surface area contributed by atoms with E-state index < -0.39 is 11.8 Å². The lowest BCUT2D eigenvalue weighted by atomic mass is 10.0. The molecule has 1 heterocycles. The fourth-order valence-corrected chi connectivity index (χ4v) is 2.28. The molecule has 0 spiro atoms. The summed E-state index contributed by atoms with van der Waals surface area (Å²) in [4.78, 5) is 11.0. The van der Waals surface area contributed by atoms with Gasteiger partial charge in [0.25, 0.3) is 0 Å². The number of aryl methyl sites for hydroxylation is 1. The number of carbonyl (C=O) groups is 1. The Hall–Kier alpha value is -2.08. The topological polar surface area (TPSA) is 64.3 Å². The maximum atomic E-state index is 13.9. The van der Waals surface area contributed by atoms with Crippen LogP contribution in [0.3, 0.4) is 0 Å². The summed E-state index contributed by atoms with van der Waals surface area (Å²) in [6.45, 7) is 1.57. The lowest BCUT2D eigenvalue weighted by molar-refractivity contribution is 0.0689. The fourth-order valence-electron chi connectivity index (χ4n) is 2.01. The molecule has 2 aromatic rings. The first kappa shape index (κ1) is 14.3. The number of halogens is 2. The minimum atomic E-state index is -1.16. The van der Waals surface area contributed by atoms with Crippen LogP contribution in [0.2, 0.25) is 5.02 Å². The normalized spacial score (nSPS) is 10.7. The maximum absolute atomic E-state index is 13.9. The lowest BCUT2D eigenvalue weighted by Crippen LogP contribution is -2.01. The highest BCUT2D eigenvalue weighted by Gasteiger charge is 2.21. The van der Waals surface area contributed by atoms with Crippen LogP contribution in [0, 0.1) is 12.7 Å². The monoisotopic (exact) mass is 298 g/mol. The summed E-state index contributed by atoms with van der Waals surface area (Å²) in [5.74, 6) is -1.37. The van der Waals surface area contributed by atoms with Gasteiger partial charge >= 0.3 is 5.97 Å². The Morgan fingerprint density at radius 3 is 2.65 bits per heavy atom. The number of aromatic carboxylic acids is 1. The van der Waals surface area contributed by atoms with Crippen molar-refractivity contribution in [3.05, 3.63) is 34.2 Å². The third-order valence-corrected chi connectivity index (χ3v) is 3.27. The molecule has 0 aliphatic carbocycles. The van der Waals surface area contributed by atoms with Crippen LogP contribution in [0.4, 0.5) is 4.39 Å². The van der Waals surface area contributed by atoms with E-state index in [1.807, 2.05) is 0 Å². The molecule has 0 radical (unpaired) electrons. The minimum absolute atomic E-state index is 0.115. The number of methoxy groups -OCH3 is 1. The Morgan fingerprint density at radius 1 is 1.50 bits per heavy atom. The van der Waals surface area contributed by atoms with Gasteiger partial charge in [-0.25, -0.2) is 9.18 Å². The second-order valence-electron chi connectivity index (χ2n) is 4.22. The van der Waals surface area contributed by atoms with Crippen LogP contribution < -0.4 is 4.74 Å². The average molecular weight is 299 g/mol. The molecule has 0 aliphatic rings. The highest BCUT2D eigenvalue weighted by atomic mass is 35.5. The van der Waals surface area contributed by atoms with Crippen molar-refractivity contribution in [2.24, 2.45) is 7.05 Å². The highest BCUT2D eigenvalue weighted by Crippen LogP contribution is 2.40. The molecule has 2 rings (SSSR count). The van der Waals surface area contributed by atoms with Gasteiger partial charge < -0.3 is 9.84 Å². The Balaban J connectivity index is 2.78. The van der Waals surface area contributed by atoms with E-state index in [2.05, 4.69) is 5.10 Å². The van der Waals surface area contributed by atoms with E-state index in [-0.39, 0.29) is 16.5 Å². The number of carboxylic acid groups (broad SMARTS) is 1. The van der Waals surface area contributed by atoms with Crippen molar-refractivity contribution in [1.29, 1.82) is 0 Å². The highest BCUT2D eigenvalue weighted by molar-refractivity contribution is 6.32. The quantitative estimate of drug-likeness (QED) is 0.946. The standard InChI is InChI=1S/C13H12ClFN2O3/c1-6-8(15)4-7(14)12(20-3)11(6)10-5-9(13(18)19)16-17(10)2/h4-5H,1-3H3,(H,18,19). The molecule has 7 heteroatoms. The number of hydrogen-bond donors (Lipinski definition) is 1. The minimum Gasteiger partial charge on any atom is -0.494 e. The molecule has 0 saturated carbocycles. The van der Waals surface area contributed by atoms with Gasteiger partial charge in [0, 0.05) is 12.6 Å². The van der Waals surface area contributed by atoms with Crippen molar-refractivity contribution in [2.45, 2.75) is 6.92 Å². The predicted molar refractivity (Wildman–Crippen MR) is 71.9 cm³/mol. The maximum Gasteiger partial charge on any atom is 0.356 e. The van der Waals surface area contributed by atoms with E-state index in [4.69, 9.17) is 21.4 Å². The Kier molecular flexibility index (Phi) is 3.67. The average Bonchev–Trinajstić information content (AvgIpc) is 2.75. The van der Waals surface area contributed by atoms with E-state index in [1.54, 1.807) is 14.0 Å². The van der Waals surface area contributed by atoms with E-state index >= 15 is 0 Å². The molecule has 0 aliphatic heterocycles. The summed E-state index contributed by atoms with van der Waals surface area (Å²) in [5, 5.41) is 12.9. The molecule has 0 bridgehead atoms. The third kappa shape index (κ3) is 2.22. The second kappa shape index (κ2) is 5.13. The molecule has 1 aromatic carbocycles. The SMILES string of the molecule is COc1c(Cl)cc(F)c(C)c1-c1cc(C(=O)O)nn1C. The van der Waals surface area contributed by atoms with Crippen molar-refractivity contribution in [1.82, 2.24) is 9.78 Å². The molecule has 0 saturated heterocycles. The van der Waals surface area contributed by atoms with Crippen molar-refractivity contribution in [2.75, 3.05) is 7.11 Å². The van der Waals surface area contributed by atoms with Gasteiger partial charge in [-0.05, 0) is 24.6 Å². The molecule has 0 fully saturated rings. The van der Waals surface area contributed by atoms with Crippen LogP contribution in [0.1, 0.15) is 16.1 Å². The van der Waals surface area contributed by atoms with Crippen LogP contribution in [-0.4, -0.2) is 28.0 Å². The zero-order chi connectivity index (χ0) is 15.0. The van der Waals surface area contributed by atoms with Gasteiger partial charge in [0.05, 0.1) is 17.8 Å². The van der Waals surface area contributed by atoms with Crippen LogP contribution in [0.5, 0.6) is 5.75 Å². The number of rotatable bonds is 3. The van der Waals surface area contributed by atoms with Crippen molar-refractivity contribution >= 4 is 17.6 Å². The number of nitrogens with zero attached hydrogens (tertiary/aromatic N) is 2.